The maximum absolute atomic E-state index is 12.7. The number of fused-ring (bicyclic) bond motifs is 1. The molecule has 0 aliphatic rings. The number of hydrogen-bond donors (Lipinski definition) is 1. The number of nitrogens with one attached hydrogen (secondary N) is 1. The van der Waals surface area contributed by atoms with E-state index in [9.17, 15) is 4.79 Å². The first-order valence-corrected chi connectivity index (χ1v) is 8.02. The normalized spacial score (nSPS) is 10.6. The first-order valence-electron chi connectivity index (χ1n) is 7.23. The van der Waals surface area contributed by atoms with E-state index in [1.54, 1.807) is 7.11 Å². The molecular formula is C19H16BrNO2. The highest BCUT2D eigenvalue weighted by Crippen LogP contribution is 2.27. The van der Waals surface area contributed by atoms with Crippen LogP contribution in [0.1, 0.15) is 15.9 Å². The smallest absolute Gasteiger partial charge is 0.259 e. The van der Waals surface area contributed by atoms with Crippen LogP contribution < -0.4 is 10.1 Å². The van der Waals surface area contributed by atoms with E-state index in [1.165, 1.54) is 0 Å². The van der Waals surface area contributed by atoms with Crippen LogP contribution in [0.15, 0.2) is 59.1 Å². The average molecular weight is 370 g/mol. The lowest BCUT2D eigenvalue weighted by Crippen LogP contribution is -2.14. The summed E-state index contributed by atoms with van der Waals surface area (Å²) >= 11 is 3.42. The van der Waals surface area contributed by atoms with Crippen molar-refractivity contribution in [2.75, 3.05) is 12.4 Å². The van der Waals surface area contributed by atoms with Gasteiger partial charge in [-0.05, 0) is 53.6 Å². The second-order valence-corrected chi connectivity index (χ2v) is 6.23. The molecule has 23 heavy (non-hydrogen) atoms. The first kappa shape index (κ1) is 15.6. The monoisotopic (exact) mass is 369 g/mol. The molecule has 1 N–H and O–H groups in total. The fourth-order valence-corrected chi connectivity index (χ4v) is 3.00. The van der Waals surface area contributed by atoms with E-state index in [0.717, 1.165) is 26.5 Å². The number of carbonyl (C=O) groups is 1. The third-order valence-electron chi connectivity index (χ3n) is 3.75. The zero-order valence-corrected chi connectivity index (χ0v) is 14.5. The predicted molar refractivity (Wildman–Crippen MR) is 97.3 cm³/mol. The van der Waals surface area contributed by atoms with Gasteiger partial charge in [0.15, 0.2) is 0 Å². The van der Waals surface area contributed by atoms with Gasteiger partial charge in [0, 0.05) is 10.2 Å². The summed E-state index contributed by atoms with van der Waals surface area (Å²) in [5, 5.41) is 5.00. The van der Waals surface area contributed by atoms with Crippen LogP contribution in [-0.4, -0.2) is 13.0 Å². The van der Waals surface area contributed by atoms with Gasteiger partial charge in [0.25, 0.3) is 5.91 Å². The maximum Gasteiger partial charge on any atom is 0.259 e. The van der Waals surface area contributed by atoms with Crippen LogP contribution in [-0.2, 0) is 0 Å². The fraction of sp³-hybridized carbons (Fsp3) is 0.105. The highest BCUT2D eigenvalue weighted by molar-refractivity contribution is 9.10. The van der Waals surface area contributed by atoms with E-state index in [-0.39, 0.29) is 5.91 Å². The molecule has 0 fully saturated rings. The van der Waals surface area contributed by atoms with E-state index in [0.29, 0.717) is 11.3 Å². The molecule has 0 atom stereocenters. The summed E-state index contributed by atoms with van der Waals surface area (Å²) in [6.45, 7) is 1.96. The minimum absolute atomic E-state index is 0.182. The molecule has 0 aromatic heterocycles. The molecule has 0 radical (unpaired) electrons. The van der Waals surface area contributed by atoms with E-state index >= 15 is 0 Å². The number of carbonyl (C=O) groups excluding carboxylic acids is 1. The van der Waals surface area contributed by atoms with Crippen LogP contribution in [0.5, 0.6) is 5.75 Å². The van der Waals surface area contributed by atoms with E-state index < -0.39 is 0 Å². The quantitative estimate of drug-likeness (QED) is 0.691. The number of rotatable bonds is 3. The van der Waals surface area contributed by atoms with Gasteiger partial charge in [-0.1, -0.05) is 40.2 Å². The Morgan fingerprint density at radius 2 is 1.74 bits per heavy atom. The summed E-state index contributed by atoms with van der Waals surface area (Å²) in [5.41, 5.74) is 2.30. The lowest BCUT2D eigenvalue weighted by molar-refractivity contribution is 0.102. The molecule has 3 aromatic carbocycles. The van der Waals surface area contributed by atoms with Crippen LogP contribution >= 0.6 is 15.9 Å². The molecule has 0 saturated heterocycles. The number of ether oxygens (including phenoxy) is 1. The maximum atomic E-state index is 12.7. The van der Waals surface area contributed by atoms with Crippen LogP contribution in [0.3, 0.4) is 0 Å². The van der Waals surface area contributed by atoms with Crippen LogP contribution in [0.4, 0.5) is 5.69 Å². The molecule has 116 valence electrons. The summed E-state index contributed by atoms with van der Waals surface area (Å²) in [4.78, 5) is 12.7. The summed E-state index contributed by atoms with van der Waals surface area (Å²) in [6.07, 6.45) is 0. The molecule has 0 aliphatic carbocycles. The number of amides is 1. The van der Waals surface area contributed by atoms with Gasteiger partial charge in [-0.2, -0.15) is 0 Å². The van der Waals surface area contributed by atoms with Crippen molar-refractivity contribution in [2.45, 2.75) is 6.92 Å². The Kier molecular flexibility index (Phi) is 4.35. The molecule has 0 spiro atoms. The van der Waals surface area contributed by atoms with Crippen molar-refractivity contribution in [3.63, 3.8) is 0 Å². The Hall–Kier alpha value is -2.33. The van der Waals surface area contributed by atoms with Gasteiger partial charge in [0.05, 0.1) is 12.7 Å². The SMILES string of the molecule is COc1cc2ccccc2cc1C(=O)Nc1ccc(Br)cc1C. The zero-order chi connectivity index (χ0) is 16.4. The van der Waals surface area contributed by atoms with E-state index in [2.05, 4.69) is 21.2 Å². The number of benzene rings is 3. The fourth-order valence-electron chi connectivity index (χ4n) is 2.52. The molecule has 0 bridgehead atoms. The van der Waals surface area contributed by atoms with Gasteiger partial charge in [-0.15, -0.1) is 0 Å². The number of halogens is 1. The van der Waals surface area contributed by atoms with Crippen LogP contribution in [0.2, 0.25) is 0 Å². The third kappa shape index (κ3) is 3.22. The third-order valence-corrected chi connectivity index (χ3v) is 4.24. The van der Waals surface area contributed by atoms with Crippen molar-refractivity contribution >= 4 is 38.3 Å². The molecular weight excluding hydrogens is 354 g/mol. The van der Waals surface area contributed by atoms with Gasteiger partial charge in [0.2, 0.25) is 0 Å². The topological polar surface area (TPSA) is 38.3 Å². The van der Waals surface area contributed by atoms with Crippen molar-refractivity contribution in [1.82, 2.24) is 0 Å². The Morgan fingerprint density at radius 1 is 1.04 bits per heavy atom. The standard InChI is InChI=1S/C19H16BrNO2/c1-12-9-15(20)7-8-17(12)21-19(22)16-10-13-5-3-4-6-14(13)11-18(16)23-2/h3-11H,1-2H3,(H,21,22). The van der Waals surface area contributed by atoms with Gasteiger partial charge in [0.1, 0.15) is 5.75 Å². The molecule has 3 nitrogen and oxygen atoms in total. The number of hydrogen-bond acceptors (Lipinski definition) is 2. The number of anilines is 1. The van der Waals surface area contributed by atoms with Crippen LogP contribution in [0, 0.1) is 6.92 Å². The molecule has 0 saturated carbocycles. The van der Waals surface area contributed by atoms with Crippen molar-refractivity contribution in [1.29, 1.82) is 0 Å². The van der Waals surface area contributed by atoms with Gasteiger partial charge in [-0.3, -0.25) is 4.79 Å². The first-order chi connectivity index (χ1) is 11.1. The van der Waals surface area contributed by atoms with Crippen molar-refractivity contribution in [3.8, 4) is 5.75 Å². The lowest BCUT2D eigenvalue weighted by atomic mass is 10.0. The predicted octanol–water partition coefficient (Wildman–Crippen LogP) is 5.17. The number of methoxy groups -OCH3 is 1. The second-order valence-electron chi connectivity index (χ2n) is 5.31. The average Bonchev–Trinajstić information content (AvgIpc) is 2.56. The number of aryl methyl sites for hydroxylation is 1. The highest BCUT2D eigenvalue weighted by Gasteiger charge is 2.14. The minimum Gasteiger partial charge on any atom is -0.496 e. The second kappa shape index (κ2) is 6.42. The molecule has 4 heteroatoms. The van der Waals surface area contributed by atoms with E-state index in [4.69, 9.17) is 4.74 Å². The largest absolute Gasteiger partial charge is 0.496 e. The Balaban J connectivity index is 1.99. The molecule has 1 amide bonds. The Bertz CT molecular complexity index is 890. The van der Waals surface area contributed by atoms with Gasteiger partial charge < -0.3 is 10.1 Å². The summed E-state index contributed by atoms with van der Waals surface area (Å²) in [5.74, 6) is 0.383. The Labute approximate surface area is 143 Å². The minimum atomic E-state index is -0.182. The van der Waals surface area contributed by atoms with E-state index in [1.807, 2.05) is 61.5 Å². The van der Waals surface area contributed by atoms with Gasteiger partial charge >= 0.3 is 0 Å². The molecule has 0 unspecified atom stereocenters. The molecule has 0 aliphatic heterocycles. The van der Waals surface area contributed by atoms with Crippen molar-refractivity contribution in [2.24, 2.45) is 0 Å². The molecule has 0 heterocycles. The van der Waals surface area contributed by atoms with Crippen LogP contribution in [0.25, 0.3) is 10.8 Å². The van der Waals surface area contributed by atoms with Crippen molar-refractivity contribution in [3.05, 3.63) is 70.2 Å². The highest BCUT2D eigenvalue weighted by atomic mass is 79.9. The Morgan fingerprint density at radius 3 is 2.39 bits per heavy atom. The molecule has 3 rings (SSSR count). The van der Waals surface area contributed by atoms with Crippen molar-refractivity contribution < 1.29 is 9.53 Å². The molecule has 3 aromatic rings. The summed E-state index contributed by atoms with van der Waals surface area (Å²) in [6, 6.07) is 17.4. The van der Waals surface area contributed by atoms with Gasteiger partial charge in [-0.25, -0.2) is 0 Å². The summed E-state index contributed by atoms with van der Waals surface area (Å²) < 4.78 is 6.38. The lowest BCUT2D eigenvalue weighted by Gasteiger charge is -2.12. The zero-order valence-electron chi connectivity index (χ0n) is 12.9. The summed E-state index contributed by atoms with van der Waals surface area (Å²) in [7, 11) is 1.58.